The maximum atomic E-state index is 3.68. The van der Waals surface area contributed by atoms with Crippen LogP contribution in [0.5, 0.6) is 0 Å². The van der Waals surface area contributed by atoms with E-state index in [2.05, 4.69) is 59.2 Å². The summed E-state index contributed by atoms with van der Waals surface area (Å²) in [4.78, 5) is 0. The second-order valence-corrected chi connectivity index (χ2v) is 5.52. The molecule has 2 aliphatic heterocycles. The summed E-state index contributed by atoms with van der Waals surface area (Å²) in [6, 6.07) is 18.1. The summed E-state index contributed by atoms with van der Waals surface area (Å²) >= 11 is 0. The minimum Gasteiger partial charge on any atom is -0.381 e. The predicted molar refractivity (Wildman–Crippen MR) is 79.5 cm³/mol. The van der Waals surface area contributed by atoms with E-state index >= 15 is 0 Å². The molecule has 4 rings (SSSR count). The fraction of sp³-hybridized carbons (Fsp3) is 0.294. The molecular weight excluding hydrogens is 232 g/mol. The minimum absolute atomic E-state index is 0.627. The van der Waals surface area contributed by atoms with Crippen LogP contribution in [-0.4, -0.2) is 19.1 Å². The van der Waals surface area contributed by atoms with Gasteiger partial charge < -0.3 is 10.6 Å². The van der Waals surface area contributed by atoms with E-state index in [1.807, 2.05) is 0 Å². The third kappa shape index (κ3) is 1.83. The molecule has 0 aromatic heterocycles. The van der Waals surface area contributed by atoms with E-state index in [0.29, 0.717) is 12.0 Å². The van der Waals surface area contributed by atoms with Crippen LogP contribution in [-0.2, 0) is 0 Å². The van der Waals surface area contributed by atoms with Gasteiger partial charge in [0.2, 0.25) is 0 Å². The molecule has 2 heteroatoms. The van der Waals surface area contributed by atoms with Crippen molar-refractivity contribution < 1.29 is 0 Å². The summed E-state index contributed by atoms with van der Waals surface area (Å²) in [6.45, 7) is 2.23. The van der Waals surface area contributed by atoms with Crippen molar-refractivity contribution in [3.05, 3.63) is 54.1 Å². The quantitative estimate of drug-likeness (QED) is 0.812. The maximum absolute atomic E-state index is 3.68. The number of benzene rings is 2. The van der Waals surface area contributed by atoms with E-state index in [4.69, 9.17) is 0 Å². The van der Waals surface area contributed by atoms with Gasteiger partial charge in [-0.2, -0.15) is 0 Å². The molecule has 2 unspecified atom stereocenters. The fourth-order valence-corrected chi connectivity index (χ4v) is 3.37. The second-order valence-electron chi connectivity index (χ2n) is 5.52. The Morgan fingerprint density at radius 1 is 0.947 bits per heavy atom. The third-order valence-electron chi connectivity index (χ3n) is 4.38. The first-order chi connectivity index (χ1) is 9.42. The topological polar surface area (TPSA) is 24.1 Å². The van der Waals surface area contributed by atoms with Gasteiger partial charge in [0.25, 0.3) is 0 Å². The summed E-state index contributed by atoms with van der Waals surface area (Å²) < 4.78 is 0. The van der Waals surface area contributed by atoms with Crippen molar-refractivity contribution in [2.24, 2.45) is 0 Å². The number of nitrogens with one attached hydrogen (secondary N) is 2. The number of fused-ring (bicyclic) bond motifs is 3. The molecule has 0 aliphatic carbocycles. The molecule has 2 atom stereocenters. The van der Waals surface area contributed by atoms with Crippen molar-refractivity contribution in [3.63, 3.8) is 0 Å². The van der Waals surface area contributed by atoms with Crippen LogP contribution in [0.1, 0.15) is 17.9 Å². The first kappa shape index (κ1) is 11.1. The van der Waals surface area contributed by atoms with Gasteiger partial charge in [0.1, 0.15) is 0 Å². The normalized spacial score (nSPS) is 24.4. The van der Waals surface area contributed by atoms with Crippen LogP contribution in [0.4, 0.5) is 5.69 Å². The molecule has 2 nitrogen and oxygen atoms in total. The van der Waals surface area contributed by atoms with Crippen LogP contribution in [0.3, 0.4) is 0 Å². The number of hydrogen-bond donors (Lipinski definition) is 2. The Hall–Kier alpha value is -1.80. The van der Waals surface area contributed by atoms with Gasteiger partial charge in [-0.1, -0.05) is 36.4 Å². The lowest BCUT2D eigenvalue weighted by Gasteiger charge is -2.26. The summed E-state index contributed by atoms with van der Waals surface area (Å²) in [7, 11) is 0. The molecule has 0 radical (unpaired) electrons. The monoisotopic (exact) mass is 250 g/mol. The van der Waals surface area contributed by atoms with Crippen molar-refractivity contribution in [1.82, 2.24) is 5.32 Å². The standard InChI is InChI=1S/C17H18N2/c1-2-4-12(5-3-1)13-6-7-16-14(10-13)15-11-18-9-8-17(15)19-16/h1-7,10,15,17-19H,8-9,11H2. The number of piperidine rings is 1. The Labute approximate surface area is 113 Å². The molecule has 0 saturated carbocycles. The zero-order chi connectivity index (χ0) is 12.7. The van der Waals surface area contributed by atoms with Crippen LogP contribution < -0.4 is 10.6 Å². The number of hydrogen-bond acceptors (Lipinski definition) is 2. The largest absolute Gasteiger partial charge is 0.381 e. The van der Waals surface area contributed by atoms with Gasteiger partial charge in [0, 0.05) is 24.2 Å². The SMILES string of the molecule is c1ccc(-c2ccc3c(c2)C2CNCCC2N3)cc1. The Kier molecular flexibility index (Phi) is 2.56. The van der Waals surface area contributed by atoms with Crippen LogP contribution in [0, 0.1) is 0 Å². The molecule has 2 heterocycles. The zero-order valence-corrected chi connectivity index (χ0v) is 10.9. The molecule has 1 saturated heterocycles. The summed E-state index contributed by atoms with van der Waals surface area (Å²) in [5.41, 5.74) is 5.45. The molecular formula is C17H18N2. The Balaban J connectivity index is 1.75. The van der Waals surface area contributed by atoms with Crippen LogP contribution >= 0.6 is 0 Å². The number of rotatable bonds is 1. The van der Waals surface area contributed by atoms with Gasteiger partial charge in [-0.15, -0.1) is 0 Å². The Morgan fingerprint density at radius 2 is 1.84 bits per heavy atom. The van der Waals surface area contributed by atoms with Gasteiger partial charge in [-0.05, 0) is 41.8 Å². The molecule has 1 fully saturated rings. The Morgan fingerprint density at radius 3 is 2.74 bits per heavy atom. The highest BCUT2D eigenvalue weighted by atomic mass is 15.0. The highest BCUT2D eigenvalue weighted by Crippen LogP contribution is 2.40. The van der Waals surface area contributed by atoms with Gasteiger partial charge in [0.05, 0.1) is 0 Å². The highest BCUT2D eigenvalue weighted by molar-refractivity contribution is 5.71. The lowest BCUT2D eigenvalue weighted by atomic mass is 9.89. The molecule has 96 valence electrons. The molecule has 2 aromatic carbocycles. The van der Waals surface area contributed by atoms with Gasteiger partial charge >= 0.3 is 0 Å². The fourth-order valence-electron chi connectivity index (χ4n) is 3.37. The average Bonchev–Trinajstić information content (AvgIpc) is 2.86. The van der Waals surface area contributed by atoms with E-state index < -0.39 is 0 Å². The predicted octanol–water partition coefficient (Wildman–Crippen LogP) is 3.22. The second kappa shape index (κ2) is 4.39. The number of anilines is 1. The molecule has 2 aromatic rings. The first-order valence-electron chi connectivity index (χ1n) is 7.08. The smallest absolute Gasteiger partial charge is 0.0379 e. The van der Waals surface area contributed by atoms with Crippen molar-refractivity contribution in [2.45, 2.75) is 18.4 Å². The third-order valence-corrected chi connectivity index (χ3v) is 4.38. The Bertz CT molecular complexity index is 591. The average molecular weight is 250 g/mol. The lowest BCUT2D eigenvalue weighted by Crippen LogP contribution is -2.38. The van der Waals surface area contributed by atoms with Crippen LogP contribution in [0.15, 0.2) is 48.5 Å². The van der Waals surface area contributed by atoms with E-state index in [9.17, 15) is 0 Å². The van der Waals surface area contributed by atoms with Crippen LogP contribution in [0.2, 0.25) is 0 Å². The van der Waals surface area contributed by atoms with Crippen LogP contribution in [0.25, 0.3) is 11.1 Å². The van der Waals surface area contributed by atoms with Crippen molar-refractivity contribution in [2.75, 3.05) is 18.4 Å². The van der Waals surface area contributed by atoms with E-state index in [0.717, 1.165) is 13.1 Å². The van der Waals surface area contributed by atoms with Gasteiger partial charge in [0.15, 0.2) is 0 Å². The zero-order valence-electron chi connectivity index (χ0n) is 10.9. The molecule has 0 amide bonds. The molecule has 2 aliphatic rings. The lowest BCUT2D eigenvalue weighted by molar-refractivity contribution is 0.440. The summed E-state index contributed by atoms with van der Waals surface area (Å²) in [5.74, 6) is 0.632. The molecule has 2 N–H and O–H groups in total. The van der Waals surface area contributed by atoms with Gasteiger partial charge in [-0.3, -0.25) is 0 Å². The molecule has 0 spiro atoms. The minimum atomic E-state index is 0.627. The van der Waals surface area contributed by atoms with Crippen molar-refractivity contribution >= 4 is 5.69 Å². The van der Waals surface area contributed by atoms with Crippen molar-refractivity contribution in [1.29, 1.82) is 0 Å². The van der Waals surface area contributed by atoms with Gasteiger partial charge in [-0.25, -0.2) is 0 Å². The summed E-state index contributed by atoms with van der Waals surface area (Å²) in [6.07, 6.45) is 1.22. The van der Waals surface area contributed by atoms with E-state index in [-0.39, 0.29) is 0 Å². The molecule has 0 bridgehead atoms. The summed E-state index contributed by atoms with van der Waals surface area (Å²) in [5, 5.41) is 7.19. The van der Waals surface area contributed by atoms with E-state index in [1.54, 1.807) is 0 Å². The maximum Gasteiger partial charge on any atom is 0.0379 e. The van der Waals surface area contributed by atoms with E-state index in [1.165, 1.54) is 28.8 Å². The molecule has 19 heavy (non-hydrogen) atoms. The highest BCUT2D eigenvalue weighted by Gasteiger charge is 2.33. The van der Waals surface area contributed by atoms with Crippen molar-refractivity contribution in [3.8, 4) is 11.1 Å². The first-order valence-corrected chi connectivity index (χ1v) is 7.08.